The molecule has 2 aromatic rings. The molecule has 1 aliphatic heterocycles. The minimum atomic E-state index is -0.694. The predicted molar refractivity (Wildman–Crippen MR) is 122 cm³/mol. The molecule has 3 heterocycles. The molecule has 0 unspecified atom stereocenters. The molecule has 9 heteroatoms. The van der Waals surface area contributed by atoms with Gasteiger partial charge in [0.15, 0.2) is 0 Å². The van der Waals surface area contributed by atoms with Crippen LogP contribution in [0, 0.1) is 0 Å². The van der Waals surface area contributed by atoms with E-state index in [1.165, 1.54) is 26.4 Å². The standard InChI is InChI=1S/C23H33N5O4/c1-23(2,3)32-22(30)28-19(15-18(26-28)17-10-11-21(31-4)24-16-17)25-20(29)9-8-14-27-12-6-5-7-13-27/h10-11,15-16H,5-9,12-14H2,1-4H3,(H,25,29). The van der Waals surface area contributed by atoms with E-state index in [2.05, 4.69) is 20.3 Å². The van der Waals surface area contributed by atoms with E-state index in [-0.39, 0.29) is 11.7 Å². The van der Waals surface area contributed by atoms with Crippen LogP contribution in [-0.2, 0) is 9.53 Å². The topological polar surface area (TPSA) is 98.6 Å². The summed E-state index contributed by atoms with van der Waals surface area (Å²) < 4.78 is 11.6. The monoisotopic (exact) mass is 443 g/mol. The van der Waals surface area contributed by atoms with Crippen LogP contribution in [-0.4, -0.2) is 64.0 Å². The molecule has 0 bridgehead atoms. The Morgan fingerprint density at radius 3 is 2.53 bits per heavy atom. The summed E-state index contributed by atoms with van der Waals surface area (Å²) in [4.78, 5) is 31.9. The molecule has 1 fully saturated rings. The average Bonchev–Trinajstić information content (AvgIpc) is 3.17. The maximum atomic E-state index is 12.7. The van der Waals surface area contributed by atoms with Gasteiger partial charge in [-0.15, -0.1) is 4.68 Å². The maximum absolute atomic E-state index is 12.7. The zero-order valence-corrected chi connectivity index (χ0v) is 19.4. The Morgan fingerprint density at radius 1 is 1.16 bits per heavy atom. The summed E-state index contributed by atoms with van der Waals surface area (Å²) in [7, 11) is 1.54. The van der Waals surface area contributed by atoms with Crippen molar-refractivity contribution in [1.82, 2.24) is 19.7 Å². The van der Waals surface area contributed by atoms with Crippen LogP contribution >= 0.6 is 0 Å². The highest BCUT2D eigenvalue weighted by Crippen LogP contribution is 2.24. The van der Waals surface area contributed by atoms with Crippen molar-refractivity contribution in [2.24, 2.45) is 0 Å². The molecule has 0 aromatic carbocycles. The molecule has 9 nitrogen and oxygen atoms in total. The van der Waals surface area contributed by atoms with E-state index in [1.54, 1.807) is 45.2 Å². The summed E-state index contributed by atoms with van der Waals surface area (Å²) >= 11 is 0. The van der Waals surface area contributed by atoms with Crippen LogP contribution < -0.4 is 10.1 Å². The van der Waals surface area contributed by atoms with Gasteiger partial charge in [-0.2, -0.15) is 5.10 Å². The van der Waals surface area contributed by atoms with Crippen molar-refractivity contribution in [3.05, 3.63) is 24.4 Å². The van der Waals surface area contributed by atoms with Crippen LogP contribution in [0.1, 0.15) is 52.9 Å². The number of hydrogen-bond acceptors (Lipinski definition) is 7. The first-order chi connectivity index (χ1) is 15.2. The van der Waals surface area contributed by atoms with Crippen LogP contribution in [0.15, 0.2) is 24.4 Å². The van der Waals surface area contributed by atoms with Gasteiger partial charge < -0.3 is 19.7 Å². The Kier molecular flexibility index (Phi) is 7.84. The number of rotatable bonds is 7. The SMILES string of the molecule is COc1ccc(-c2cc(NC(=O)CCCN3CCCCC3)n(C(=O)OC(C)(C)C)n2)cn1. The highest BCUT2D eigenvalue weighted by atomic mass is 16.6. The van der Waals surface area contributed by atoms with Crippen molar-refractivity contribution in [2.45, 2.75) is 58.5 Å². The van der Waals surface area contributed by atoms with Crippen molar-refractivity contribution in [3.8, 4) is 17.1 Å². The van der Waals surface area contributed by atoms with Gasteiger partial charge in [0.2, 0.25) is 11.8 Å². The molecule has 0 aliphatic carbocycles. The number of aromatic nitrogens is 3. The third kappa shape index (κ3) is 6.78. The number of anilines is 1. The lowest BCUT2D eigenvalue weighted by molar-refractivity contribution is -0.116. The molecule has 174 valence electrons. The van der Waals surface area contributed by atoms with Crippen molar-refractivity contribution >= 4 is 17.8 Å². The lowest BCUT2D eigenvalue weighted by Gasteiger charge is -2.26. The number of nitrogens with zero attached hydrogens (tertiary/aromatic N) is 4. The van der Waals surface area contributed by atoms with Crippen LogP contribution in [0.25, 0.3) is 11.3 Å². The van der Waals surface area contributed by atoms with E-state index in [4.69, 9.17) is 9.47 Å². The van der Waals surface area contributed by atoms with E-state index in [9.17, 15) is 9.59 Å². The van der Waals surface area contributed by atoms with Gasteiger partial charge in [0.25, 0.3) is 0 Å². The molecular formula is C23H33N5O4. The Hall–Kier alpha value is -2.94. The van der Waals surface area contributed by atoms with E-state index in [0.717, 1.165) is 30.7 Å². The molecule has 0 spiro atoms. The Labute approximate surface area is 189 Å². The minimum Gasteiger partial charge on any atom is -0.481 e. The van der Waals surface area contributed by atoms with Gasteiger partial charge in [-0.05, 0) is 65.7 Å². The molecule has 2 aromatic heterocycles. The molecule has 0 atom stereocenters. The van der Waals surface area contributed by atoms with Crippen LogP contribution in [0.5, 0.6) is 5.88 Å². The second kappa shape index (κ2) is 10.6. The number of nitrogens with one attached hydrogen (secondary N) is 1. The summed E-state index contributed by atoms with van der Waals surface area (Å²) in [6.07, 6.45) is 5.82. The number of ether oxygens (including phenoxy) is 2. The first-order valence-electron chi connectivity index (χ1n) is 11.1. The first kappa shape index (κ1) is 23.7. The number of carbonyl (C=O) groups excluding carboxylic acids is 2. The van der Waals surface area contributed by atoms with Gasteiger partial charge in [-0.25, -0.2) is 9.78 Å². The van der Waals surface area contributed by atoms with E-state index in [1.807, 2.05) is 0 Å². The fraction of sp³-hybridized carbons (Fsp3) is 0.565. The first-order valence-corrected chi connectivity index (χ1v) is 11.1. The Bertz CT molecular complexity index is 911. The van der Waals surface area contributed by atoms with Crippen LogP contribution in [0.3, 0.4) is 0 Å². The van der Waals surface area contributed by atoms with Crippen molar-refractivity contribution in [2.75, 3.05) is 32.1 Å². The number of carbonyl (C=O) groups is 2. The summed E-state index contributed by atoms with van der Waals surface area (Å²) in [6.45, 7) is 8.45. The lowest BCUT2D eigenvalue weighted by atomic mass is 10.1. The van der Waals surface area contributed by atoms with E-state index in [0.29, 0.717) is 23.6 Å². The predicted octanol–water partition coefficient (Wildman–Crippen LogP) is 3.94. The zero-order chi connectivity index (χ0) is 23.1. The summed E-state index contributed by atoms with van der Waals surface area (Å²) in [5, 5.41) is 7.19. The fourth-order valence-corrected chi connectivity index (χ4v) is 3.56. The number of piperidine rings is 1. The molecule has 1 N–H and O–H groups in total. The summed E-state index contributed by atoms with van der Waals surface area (Å²) in [5.74, 6) is 0.585. The van der Waals surface area contributed by atoms with Gasteiger partial charge in [-0.1, -0.05) is 6.42 Å². The molecule has 3 rings (SSSR count). The molecule has 1 amide bonds. The lowest BCUT2D eigenvalue weighted by Crippen LogP contribution is -2.31. The van der Waals surface area contributed by atoms with E-state index >= 15 is 0 Å². The second-order valence-corrected chi connectivity index (χ2v) is 8.95. The van der Waals surface area contributed by atoms with Gasteiger partial charge in [0.05, 0.1) is 12.8 Å². The molecular weight excluding hydrogens is 410 g/mol. The highest BCUT2D eigenvalue weighted by molar-refractivity contribution is 5.92. The van der Waals surface area contributed by atoms with Crippen molar-refractivity contribution < 1.29 is 19.1 Å². The molecule has 1 saturated heterocycles. The Balaban J connectivity index is 1.71. The van der Waals surface area contributed by atoms with Gasteiger partial charge >= 0.3 is 6.09 Å². The maximum Gasteiger partial charge on any atom is 0.437 e. The molecule has 0 radical (unpaired) electrons. The molecule has 0 saturated carbocycles. The number of likely N-dealkylation sites (tertiary alicyclic amines) is 1. The van der Waals surface area contributed by atoms with Crippen molar-refractivity contribution in [3.63, 3.8) is 0 Å². The van der Waals surface area contributed by atoms with Gasteiger partial charge in [-0.3, -0.25) is 4.79 Å². The largest absolute Gasteiger partial charge is 0.481 e. The Morgan fingerprint density at radius 2 is 1.91 bits per heavy atom. The van der Waals surface area contributed by atoms with E-state index < -0.39 is 11.7 Å². The quantitative estimate of drug-likeness (QED) is 0.692. The minimum absolute atomic E-state index is 0.161. The number of pyridine rings is 1. The second-order valence-electron chi connectivity index (χ2n) is 8.95. The van der Waals surface area contributed by atoms with Crippen molar-refractivity contribution in [1.29, 1.82) is 0 Å². The number of amides is 1. The zero-order valence-electron chi connectivity index (χ0n) is 19.4. The van der Waals surface area contributed by atoms with Crippen LogP contribution in [0.4, 0.5) is 10.6 Å². The molecule has 1 aliphatic rings. The fourth-order valence-electron chi connectivity index (χ4n) is 3.56. The van der Waals surface area contributed by atoms with Gasteiger partial charge in [0.1, 0.15) is 11.4 Å². The van der Waals surface area contributed by atoms with Gasteiger partial charge in [0, 0.05) is 30.3 Å². The number of hydrogen-bond donors (Lipinski definition) is 1. The summed E-state index contributed by atoms with van der Waals surface area (Å²) in [6, 6.07) is 5.15. The average molecular weight is 444 g/mol. The number of methoxy groups -OCH3 is 1. The smallest absolute Gasteiger partial charge is 0.437 e. The third-order valence-corrected chi connectivity index (χ3v) is 5.11. The third-order valence-electron chi connectivity index (χ3n) is 5.11. The molecule has 32 heavy (non-hydrogen) atoms. The van der Waals surface area contributed by atoms with Crippen LogP contribution in [0.2, 0.25) is 0 Å². The highest BCUT2D eigenvalue weighted by Gasteiger charge is 2.23. The normalized spacial score (nSPS) is 14.8. The summed E-state index contributed by atoms with van der Waals surface area (Å²) in [5.41, 5.74) is 0.490.